The molecule has 0 unspecified atom stereocenters. The number of amides is 4. The van der Waals surface area contributed by atoms with Gasteiger partial charge in [0.15, 0.2) is 6.29 Å². The third-order valence-electron chi connectivity index (χ3n) is 11.0. The molecule has 3 N–H and O–H groups in total. The molecule has 5 rings (SSSR count). The van der Waals surface area contributed by atoms with E-state index in [9.17, 15) is 40.8 Å². The highest BCUT2D eigenvalue weighted by molar-refractivity contribution is 7.85. The van der Waals surface area contributed by atoms with E-state index >= 15 is 0 Å². The summed E-state index contributed by atoms with van der Waals surface area (Å²) in [6.07, 6.45) is -7.03. The van der Waals surface area contributed by atoms with E-state index in [2.05, 4.69) is 15.6 Å². The second-order valence-electron chi connectivity index (χ2n) is 17.3. The summed E-state index contributed by atoms with van der Waals surface area (Å²) >= 11 is 6.53. The molecule has 4 amide bonds. The number of methoxy groups -OCH3 is 2. The summed E-state index contributed by atoms with van der Waals surface area (Å²) in [7, 11) is -1.72. The highest BCUT2D eigenvalue weighted by atomic mass is 35.5. The van der Waals surface area contributed by atoms with Crippen LogP contribution in [0.2, 0.25) is 5.02 Å². The van der Waals surface area contributed by atoms with Crippen LogP contribution >= 0.6 is 11.6 Å². The number of fused-ring (bicyclic) bond motifs is 1. The molecule has 0 spiro atoms. The fourth-order valence-corrected chi connectivity index (χ4v) is 8.25. The van der Waals surface area contributed by atoms with Crippen LogP contribution < -0.4 is 24.8 Å². The average Bonchev–Trinajstić information content (AvgIpc) is 4.01. The molecular formula is C39H53ClF3N5O12S. The number of hydrogen-bond donors (Lipinski definition) is 3. The molecule has 2 aliphatic carbocycles. The van der Waals surface area contributed by atoms with E-state index in [1.165, 1.54) is 20.3 Å². The number of ether oxygens (including phenoxy) is 5. The first-order valence-corrected chi connectivity index (χ1v) is 21.4. The maximum Gasteiger partial charge on any atom is 0.427 e. The minimum atomic E-state index is -4.95. The molecule has 3 aliphatic rings. The zero-order valence-corrected chi connectivity index (χ0v) is 36.9. The third-order valence-corrected chi connectivity index (χ3v) is 12.4. The van der Waals surface area contributed by atoms with Crippen molar-refractivity contribution in [2.45, 2.75) is 128 Å². The monoisotopic (exact) mass is 907 g/mol. The number of carbonyl (C=O) groups is 4. The van der Waals surface area contributed by atoms with E-state index in [0.29, 0.717) is 44.0 Å². The third kappa shape index (κ3) is 11.1. The second-order valence-corrected chi connectivity index (χ2v) is 19.0. The van der Waals surface area contributed by atoms with Crippen LogP contribution in [-0.2, 0) is 43.1 Å². The van der Waals surface area contributed by atoms with E-state index in [1.54, 1.807) is 52.8 Å². The minimum absolute atomic E-state index is 0.0640. The molecule has 2 saturated carbocycles. The van der Waals surface area contributed by atoms with Crippen molar-refractivity contribution in [1.29, 1.82) is 0 Å². The Morgan fingerprint density at radius 3 is 2.28 bits per heavy atom. The van der Waals surface area contributed by atoms with Gasteiger partial charge >= 0.3 is 22.6 Å². The second kappa shape index (κ2) is 17.5. The predicted molar refractivity (Wildman–Crippen MR) is 213 cm³/mol. The largest absolute Gasteiger partial charge is 0.488 e. The summed E-state index contributed by atoms with van der Waals surface area (Å²) in [5.74, 6) is -3.00. The highest BCUT2D eigenvalue weighted by Gasteiger charge is 2.62. The number of carbonyl (C=O) groups excluding carboxylic acids is 4. The van der Waals surface area contributed by atoms with Gasteiger partial charge in [0.1, 0.15) is 36.1 Å². The zero-order valence-electron chi connectivity index (χ0n) is 35.4. The van der Waals surface area contributed by atoms with E-state index in [-0.39, 0.29) is 42.6 Å². The molecule has 0 bridgehead atoms. The van der Waals surface area contributed by atoms with Crippen LogP contribution in [0.15, 0.2) is 24.3 Å². The quantitative estimate of drug-likeness (QED) is 0.180. The van der Waals surface area contributed by atoms with Crippen LogP contribution in [0.4, 0.5) is 18.0 Å². The van der Waals surface area contributed by atoms with Crippen molar-refractivity contribution in [3.8, 4) is 11.6 Å². The molecule has 17 nitrogen and oxygen atoms in total. The van der Waals surface area contributed by atoms with Gasteiger partial charge in [0.05, 0.1) is 22.7 Å². The topological polar surface area (TPSA) is 210 Å². The SMILES string of the molecule is CC[C@@H]1C[C@]1(NC(=O)[C@@H]1C[C@@H](Oc2cc(OCC(OC)OC)nc3c(Cl)cccc23)CN1C(=O)[C@@H](NC(=O)OC(C)(C)C(F)(F)F)C(C)(C)C)C(=O)NS(=O)(=O)OC1(C)CC1. The lowest BCUT2D eigenvalue weighted by atomic mass is 9.85. The van der Waals surface area contributed by atoms with Crippen LogP contribution in [0.25, 0.3) is 10.9 Å². The van der Waals surface area contributed by atoms with Crippen LogP contribution in [0.1, 0.15) is 80.6 Å². The fraction of sp³-hybridized carbons (Fsp3) is 0.667. The summed E-state index contributed by atoms with van der Waals surface area (Å²) in [6.45, 7) is 8.91. The van der Waals surface area contributed by atoms with E-state index in [4.69, 9.17) is 39.5 Å². The first-order chi connectivity index (χ1) is 28.2. The Morgan fingerprint density at radius 2 is 1.72 bits per heavy atom. The number of hydrogen-bond acceptors (Lipinski definition) is 13. The van der Waals surface area contributed by atoms with Gasteiger partial charge in [0.2, 0.25) is 23.3 Å². The van der Waals surface area contributed by atoms with Crippen molar-refractivity contribution in [1.82, 2.24) is 25.2 Å². The fourth-order valence-electron chi connectivity index (χ4n) is 6.89. The molecule has 1 saturated heterocycles. The standard InChI is InChI=1S/C39H53ClF3N5O12S/c1-10-21-18-38(21,33(51)47-61(53,54)60-37(7)14-15-37)46-31(49)25-16-22(19-48(25)32(50)30(35(2,3)4)45-34(52)59-36(5,6)39(41,42)43)58-26-17-27(57-20-28(55-8)56-9)44-29-23(26)12-11-13-24(29)40/h11-13,17,21-22,25,28,30H,10,14-16,18-20H2,1-9H3,(H,45,52)(H,46,49)(H,47,51)/t21-,22-,25+,30-,38-/m1/s1. The first kappa shape index (κ1) is 47.9. The number of aromatic nitrogens is 1. The van der Waals surface area contributed by atoms with Gasteiger partial charge in [0.25, 0.3) is 5.91 Å². The number of halogens is 4. The number of alkyl halides is 3. The number of likely N-dealkylation sites (tertiary alicyclic amines) is 1. The maximum atomic E-state index is 14.6. The lowest BCUT2D eigenvalue weighted by Gasteiger charge is -2.36. The molecule has 1 aliphatic heterocycles. The van der Waals surface area contributed by atoms with Gasteiger partial charge in [-0.05, 0) is 63.5 Å². The maximum absolute atomic E-state index is 14.6. The number of benzene rings is 1. The Labute approximate surface area is 357 Å². The van der Waals surface area contributed by atoms with Crippen molar-refractivity contribution < 1.29 is 68.6 Å². The predicted octanol–water partition coefficient (Wildman–Crippen LogP) is 4.93. The van der Waals surface area contributed by atoms with Crippen LogP contribution in [-0.4, -0.2) is 117 Å². The molecule has 61 heavy (non-hydrogen) atoms. The Bertz CT molecular complexity index is 2110. The van der Waals surface area contributed by atoms with Gasteiger partial charge in [-0.1, -0.05) is 51.8 Å². The van der Waals surface area contributed by atoms with Crippen molar-refractivity contribution in [3.63, 3.8) is 0 Å². The molecule has 1 aromatic heterocycles. The van der Waals surface area contributed by atoms with Gasteiger partial charge in [-0.2, -0.15) is 21.6 Å². The molecule has 340 valence electrons. The summed E-state index contributed by atoms with van der Waals surface area (Å²) in [5, 5.41) is 5.66. The molecule has 5 atom stereocenters. The Morgan fingerprint density at radius 1 is 1.07 bits per heavy atom. The summed E-state index contributed by atoms with van der Waals surface area (Å²) in [6, 6.07) is 3.44. The molecule has 2 heterocycles. The minimum Gasteiger partial charge on any atom is -0.488 e. The van der Waals surface area contributed by atoms with Crippen LogP contribution in [0.5, 0.6) is 11.6 Å². The Hall–Kier alpha value is -4.18. The zero-order chi connectivity index (χ0) is 45.5. The molecular weight excluding hydrogens is 855 g/mol. The molecule has 3 fully saturated rings. The molecule has 1 aromatic carbocycles. The summed E-state index contributed by atoms with van der Waals surface area (Å²) < 4.78 is 101. The first-order valence-electron chi connectivity index (χ1n) is 19.6. The van der Waals surface area contributed by atoms with Crippen molar-refractivity contribution >= 4 is 56.6 Å². The van der Waals surface area contributed by atoms with Crippen molar-refractivity contribution in [2.24, 2.45) is 11.3 Å². The van der Waals surface area contributed by atoms with Gasteiger partial charge in [-0.3, -0.25) is 14.4 Å². The van der Waals surface area contributed by atoms with Gasteiger partial charge < -0.3 is 39.2 Å². The summed E-state index contributed by atoms with van der Waals surface area (Å²) in [4.78, 5) is 61.4. The van der Waals surface area contributed by atoms with E-state index < -0.39 is 92.8 Å². The van der Waals surface area contributed by atoms with Crippen LogP contribution in [0.3, 0.4) is 0 Å². The number of nitrogens with zero attached hydrogens (tertiary/aromatic N) is 2. The average molecular weight is 908 g/mol. The van der Waals surface area contributed by atoms with Gasteiger partial charge in [-0.15, -0.1) is 0 Å². The van der Waals surface area contributed by atoms with Crippen molar-refractivity contribution in [3.05, 3.63) is 29.3 Å². The number of nitrogens with one attached hydrogen (secondary N) is 3. The normalized spacial score (nSPS) is 23.0. The van der Waals surface area contributed by atoms with E-state index in [0.717, 1.165) is 4.90 Å². The number of para-hydroxylation sites is 1. The highest BCUT2D eigenvalue weighted by Crippen LogP contribution is 2.47. The molecule has 0 radical (unpaired) electrons. The number of alkyl carbamates (subject to hydrolysis) is 1. The van der Waals surface area contributed by atoms with Crippen LogP contribution in [0, 0.1) is 11.3 Å². The number of rotatable bonds is 17. The Kier molecular flexibility index (Phi) is 13.8. The lowest BCUT2D eigenvalue weighted by molar-refractivity contribution is -0.244. The van der Waals surface area contributed by atoms with Gasteiger partial charge in [-0.25, -0.2) is 18.7 Å². The molecule has 22 heteroatoms. The lowest BCUT2D eigenvalue weighted by Crippen LogP contribution is -2.60. The van der Waals surface area contributed by atoms with E-state index in [1.807, 2.05) is 4.72 Å². The van der Waals surface area contributed by atoms with Crippen molar-refractivity contribution in [2.75, 3.05) is 27.4 Å². The molecule has 2 aromatic rings. The Balaban J connectivity index is 1.48. The number of pyridine rings is 1. The summed E-state index contributed by atoms with van der Waals surface area (Å²) in [5.41, 5.74) is -6.43. The van der Waals surface area contributed by atoms with Gasteiger partial charge in [0, 0.05) is 32.1 Å². The smallest absolute Gasteiger partial charge is 0.427 e.